The van der Waals surface area contributed by atoms with Gasteiger partial charge in [-0.05, 0) is 36.6 Å². The summed E-state index contributed by atoms with van der Waals surface area (Å²) >= 11 is 0. The van der Waals surface area contributed by atoms with Gasteiger partial charge in [-0.2, -0.15) is 0 Å². The van der Waals surface area contributed by atoms with E-state index in [2.05, 4.69) is 36.1 Å². The average Bonchev–Trinajstić information content (AvgIpc) is 2.77. The molecule has 2 aromatic rings. The number of ether oxygens (including phenoxy) is 2. The summed E-state index contributed by atoms with van der Waals surface area (Å²) in [6, 6.07) is 16.8. The third-order valence-electron chi connectivity index (χ3n) is 5.57. The van der Waals surface area contributed by atoms with Crippen LogP contribution in [0.15, 0.2) is 48.5 Å². The Balaban J connectivity index is 1.49. The van der Waals surface area contributed by atoms with Crippen LogP contribution in [-0.4, -0.2) is 56.1 Å². The van der Waals surface area contributed by atoms with Gasteiger partial charge in [0.2, 0.25) is 5.91 Å². The Morgan fingerprint density at radius 2 is 1.64 bits per heavy atom. The highest BCUT2D eigenvalue weighted by atomic mass is 16.5. The molecule has 0 aromatic heterocycles. The molecule has 5 heteroatoms. The third-order valence-corrected chi connectivity index (χ3v) is 5.57. The first kappa shape index (κ1) is 20.2. The summed E-state index contributed by atoms with van der Waals surface area (Å²) in [5, 5.41) is 0. The molecule has 2 aromatic carbocycles. The topological polar surface area (TPSA) is 42.0 Å². The molecule has 0 radical (unpaired) electrons. The lowest BCUT2D eigenvalue weighted by molar-refractivity contribution is -0.133. The van der Waals surface area contributed by atoms with Crippen LogP contribution in [0.1, 0.15) is 30.5 Å². The Morgan fingerprint density at radius 1 is 0.964 bits per heavy atom. The summed E-state index contributed by atoms with van der Waals surface area (Å²) < 4.78 is 10.6. The number of benzene rings is 2. The highest BCUT2D eigenvalue weighted by Crippen LogP contribution is 2.28. The molecular weight excluding hydrogens is 352 g/mol. The first-order valence-corrected chi connectivity index (χ1v) is 9.90. The molecule has 28 heavy (non-hydrogen) atoms. The molecule has 3 rings (SSSR count). The molecule has 150 valence electrons. The minimum absolute atomic E-state index is 0.224. The predicted octanol–water partition coefficient (Wildman–Crippen LogP) is 3.54. The molecule has 1 unspecified atom stereocenters. The Hall–Kier alpha value is -2.53. The lowest BCUT2D eigenvalue weighted by atomic mass is 10.1. The summed E-state index contributed by atoms with van der Waals surface area (Å²) in [5.74, 6) is 1.64. The summed E-state index contributed by atoms with van der Waals surface area (Å²) in [5.41, 5.74) is 2.41. The summed E-state index contributed by atoms with van der Waals surface area (Å²) in [7, 11) is 3.25. The van der Waals surface area contributed by atoms with E-state index in [0.717, 1.165) is 31.7 Å². The minimum Gasteiger partial charge on any atom is -0.493 e. The smallest absolute Gasteiger partial charge is 0.222 e. The fourth-order valence-corrected chi connectivity index (χ4v) is 3.75. The molecule has 1 heterocycles. The molecule has 0 spiro atoms. The van der Waals surface area contributed by atoms with E-state index in [4.69, 9.17) is 9.47 Å². The van der Waals surface area contributed by atoms with Gasteiger partial charge < -0.3 is 14.4 Å². The van der Waals surface area contributed by atoms with E-state index in [1.54, 1.807) is 14.2 Å². The molecule has 1 saturated heterocycles. The Labute approximate surface area is 167 Å². The van der Waals surface area contributed by atoms with Crippen LogP contribution >= 0.6 is 0 Å². The van der Waals surface area contributed by atoms with Gasteiger partial charge in [0.1, 0.15) is 0 Å². The van der Waals surface area contributed by atoms with Crippen molar-refractivity contribution in [3.8, 4) is 11.5 Å². The molecule has 0 N–H and O–H groups in total. The molecule has 1 fully saturated rings. The molecule has 1 aliphatic heterocycles. The number of carbonyl (C=O) groups excluding carboxylic acids is 1. The number of aryl methyl sites for hydroxylation is 1. The molecule has 0 saturated carbocycles. The maximum atomic E-state index is 12.6. The van der Waals surface area contributed by atoms with E-state index in [9.17, 15) is 4.79 Å². The van der Waals surface area contributed by atoms with E-state index >= 15 is 0 Å². The Morgan fingerprint density at radius 3 is 2.29 bits per heavy atom. The lowest BCUT2D eigenvalue weighted by Crippen LogP contribution is -2.49. The van der Waals surface area contributed by atoms with Crippen molar-refractivity contribution < 1.29 is 14.3 Å². The Kier molecular flexibility index (Phi) is 6.93. The van der Waals surface area contributed by atoms with Gasteiger partial charge in [-0.15, -0.1) is 0 Å². The van der Waals surface area contributed by atoms with E-state index in [1.807, 2.05) is 29.2 Å². The highest BCUT2D eigenvalue weighted by Gasteiger charge is 2.24. The molecule has 1 amide bonds. The van der Waals surface area contributed by atoms with E-state index < -0.39 is 0 Å². The van der Waals surface area contributed by atoms with Crippen molar-refractivity contribution in [2.75, 3.05) is 40.4 Å². The summed E-state index contributed by atoms with van der Waals surface area (Å²) in [6.07, 6.45) is 1.23. The number of carbonyl (C=O) groups is 1. The van der Waals surface area contributed by atoms with Gasteiger partial charge in [0, 0.05) is 38.6 Å². The van der Waals surface area contributed by atoms with Crippen LogP contribution in [-0.2, 0) is 11.2 Å². The van der Waals surface area contributed by atoms with Crippen LogP contribution in [0.25, 0.3) is 0 Å². The predicted molar refractivity (Wildman–Crippen MR) is 111 cm³/mol. The zero-order valence-electron chi connectivity index (χ0n) is 17.1. The number of piperazine rings is 1. The molecule has 0 aliphatic carbocycles. The van der Waals surface area contributed by atoms with E-state index in [0.29, 0.717) is 30.4 Å². The van der Waals surface area contributed by atoms with Crippen molar-refractivity contribution in [3.63, 3.8) is 0 Å². The zero-order chi connectivity index (χ0) is 19.9. The quantitative estimate of drug-likeness (QED) is 0.735. The van der Waals surface area contributed by atoms with E-state index in [-0.39, 0.29) is 5.91 Å². The van der Waals surface area contributed by atoms with Crippen molar-refractivity contribution in [1.82, 2.24) is 9.80 Å². The first-order chi connectivity index (χ1) is 13.6. The average molecular weight is 383 g/mol. The van der Waals surface area contributed by atoms with Crippen molar-refractivity contribution in [3.05, 3.63) is 59.7 Å². The van der Waals surface area contributed by atoms with Crippen LogP contribution in [0.3, 0.4) is 0 Å². The minimum atomic E-state index is 0.224. The SMILES string of the molecule is COc1ccc(CCC(=O)N2CCN(C(C)c3ccccc3)CC2)cc1OC. The van der Waals surface area contributed by atoms with E-state index in [1.165, 1.54) is 5.56 Å². The molecule has 1 atom stereocenters. The lowest BCUT2D eigenvalue weighted by Gasteiger charge is -2.38. The highest BCUT2D eigenvalue weighted by molar-refractivity contribution is 5.76. The number of nitrogens with zero attached hydrogens (tertiary/aromatic N) is 2. The number of rotatable bonds is 7. The first-order valence-electron chi connectivity index (χ1n) is 9.90. The molecular formula is C23H30N2O3. The maximum absolute atomic E-state index is 12.6. The second-order valence-corrected chi connectivity index (χ2v) is 7.19. The van der Waals surface area contributed by atoms with Crippen LogP contribution in [0.2, 0.25) is 0 Å². The molecule has 1 aliphatic rings. The Bertz CT molecular complexity index is 771. The van der Waals surface area contributed by atoms with Crippen LogP contribution in [0.4, 0.5) is 0 Å². The van der Waals surface area contributed by atoms with Gasteiger partial charge in [-0.3, -0.25) is 9.69 Å². The van der Waals surface area contributed by atoms with Gasteiger partial charge in [0.15, 0.2) is 11.5 Å². The van der Waals surface area contributed by atoms with Crippen LogP contribution < -0.4 is 9.47 Å². The summed E-state index contributed by atoms with van der Waals surface area (Å²) in [4.78, 5) is 17.1. The van der Waals surface area contributed by atoms with Crippen molar-refractivity contribution in [1.29, 1.82) is 0 Å². The fourth-order valence-electron chi connectivity index (χ4n) is 3.75. The maximum Gasteiger partial charge on any atom is 0.222 e. The van der Waals surface area contributed by atoms with Crippen molar-refractivity contribution in [2.24, 2.45) is 0 Å². The normalized spacial score (nSPS) is 15.9. The van der Waals surface area contributed by atoms with Gasteiger partial charge in [-0.1, -0.05) is 36.4 Å². The largest absolute Gasteiger partial charge is 0.493 e. The van der Waals surface area contributed by atoms with Crippen LogP contribution in [0.5, 0.6) is 11.5 Å². The second kappa shape index (κ2) is 9.60. The van der Waals surface area contributed by atoms with Gasteiger partial charge in [-0.25, -0.2) is 0 Å². The van der Waals surface area contributed by atoms with Crippen LogP contribution in [0, 0.1) is 0 Å². The number of methoxy groups -OCH3 is 2. The van der Waals surface area contributed by atoms with Gasteiger partial charge in [0.05, 0.1) is 14.2 Å². The van der Waals surface area contributed by atoms with Crippen molar-refractivity contribution >= 4 is 5.91 Å². The number of amides is 1. The third kappa shape index (κ3) is 4.84. The number of hydrogen-bond donors (Lipinski definition) is 0. The standard InChI is InChI=1S/C23H30N2O3/c1-18(20-7-5-4-6-8-20)24-13-15-25(16-14-24)23(26)12-10-19-9-11-21(27-2)22(17-19)28-3/h4-9,11,17-18H,10,12-16H2,1-3H3. The monoisotopic (exact) mass is 382 g/mol. The fraction of sp³-hybridized carbons (Fsp3) is 0.435. The second-order valence-electron chi connectivity index (χ2n) is 7.19. The van der Waals surface area contributed by atoms with Gasteiger partial charge >= 0.3 is 0 Å². The summed E-state index contributed by atoms with van der Waals surface area (Å²) in [6.45, 7) is 5.66. The van der Waals surface area contributed by atoms with Gasteiger partial charge in [0.25, 0.3) is 0 Å². The number of hydrogen-bond acceptors (Lipinski definition) is 4. The van der Waals surface area contributed by atoms with Crippen molar-refractivity contribution in [2.45, 2.75) is 25.8 Å². The molecule has 0 bridgehead atoms. The molecule has 5 nitrogen and oxygen atoms in total. The zero-order valence-corrected chi connectivity index (χ0v) is 17.1.